The third-order valence-corrected chi connectivity index (χ3v) is 3.77. The van der Waals surface area contributed by atoms with E-state index in [1.165, 1.54) is 0 Å². The van der Waals surface area contributed by atoms with E-state index in [1.807, 2.05) is 31.3 Å². The van der Waals surface area contributed by atoms with Gasteiger partial charge in [0.1, 0.15) is 5.82 Å². The first-order valence-electron chi connectivity index (χ1n) is 7.57. The number of nitrogen functional groups attached to an aromatic ring is 1. The van der Waals surface area contributed by atoms with E-state index < -0.39 is 0 Å². The average Bonchev–Trinajstić information content (AvgIpc) is 2.53. The summed E-state index contributed by atoms with van der Waals surface area (Å²) in [4.78, 5) is 14.8. The molecule has 1 fully saturated rings. The highest BCUT2D eigenvalue weighted by Crippen LogP contribution is 2.21. The molecule has 2 N–H and O–H groups in total. The fraction of sp³-hybridized carbons (Fsp3) is 0.438. The van der Waals surface area contributed by atoms with Gasteiger partial charge in [-0.05, 0) is 31.4 Å². The number of rotatable bonds is 4. The lowest BCUT2D eigenvalue weighted by molar-refractivity contribution is 0.0313. The van der Waals surface area contributed by atoms with Gasteiger partial charge in [0, 0.05) is 37.2 Å². The standard InChI is InChI=1S/C16H21N5O/c1-12-8-15(20-16(17)19-12)21-7-3-5-14(10-21)22-11-13-4-2-6-18-9-13/h2,4,6,8-9,14H,3,5,7,10-11H2,1H3,(H2,17,19,20). The van der Waals surface area contributed by atoms with Gasteiger partial charge in [0.2, 0.25) is 5.95 Å². The molecule has 2 aromatic heterocycles. The summed E-state index contributed by atoms with van der Waals surface area (Å²) in [7, 11) is 0. The van der Waals surface area contributed by atoms with Gasteiger partial charge >= 0.3 is 0 Å². The normalized spacial score (nSPS) is 18.4. The lowest BCUT2D eigenvalue weighted by atomic mass is 10.1. The Bertz CT molecular complexity index is 599. The molecule has 0 spiro atoms. The number of hydrogen-bond acceptors (Lipinski definition) is 6. The second-order valence-electron chi connectivity index (χ2n) is 5.61. The quantitative estimate of drug-likeness (QED) is 0.929. The zero-order chi connectivity index (χ0) is 15.4. The van der Waals surface area contributed by atoms with Crippen LogP contribution in [-0.2, 0) is 11.3 Å². The first-order valence-corrected chi connectivity index (χ1v) is 7.57. The fourth-order valence-corrected chi connectivity index (χ4v) is 2.72. The Morgan fingerprint density at radius 3 is 3.09 bits per heavy atom. The summed E-state index contributed by atoms with van der Waals surface area (Å²) in [5.41, 5.74) is 7.74. The molecule has 1 unspecified atom stereocenters. The molecule has 2 aromatic rings. The topological polar surface area (TPSA) is 77.2 Å². The third kappa shape index (κ3) is 3.71. The van der Waals surface area contributed by atoms with Gasteiger partial charge in [0.05, 0.1) is 12.7 Å². The van der Waals surface area contributed by atoms with Crippen LogP contribution >= 0.6 is 0 Å². The Hall–Kier alpha value is -2.21. The van der Waals surface area contributed by atoms with Crippen molar-refractivity contribution in [2.45, 2.75) is 32.5 Å². The van der Waals surface area contributed by atoms with Crippen molar-refractivity contribution in [2.24, 2.45) is 0 Å². The Balaban J connectivity index is 1.61. The molecule has 1 aliphatic rings. The molecular formula is C16H21N5O. The molecule has 3 rings (SSSR count). The van der Waals surface area contributed by atoms with Crippen molar-refractivity contribution in [3.8, 4) is 0 Å². The maximum absolute atomic E-state index is 6.02. The van der Waals surface area contributed by atoms with Crippen LogP contribution in [0.5, 0.6) is 0 Å². The predicted molar refractivity (Wildman–Crippen MR) is 85.4 cm³/mol. The average molecular weight is 299 g/mol. The molecule has 1 aliphatic heterocycles. The van der Waals surface area contributed by atoms with Gasteiger partial charge in [0.15, 0.2) is 0 Å². The maximum atomic E-state index is 6.02. The van der Waals surface area contributed by atoms with Crippen LogP contribution in [0.4, 0.5) is 11.8 Å². The summed E-state index contributed by atoms with van der Waals surface area (Å²) in [5, 5.41) is 0. The summed E-state index contributed by atoms with van der Waals surface area (Å²) in [5.74, 6) is 1.22. The molecule has 0 amide bonds. The van der Waals surface area contributed by atoms with Crippen LogP contribution in [-0.4, -0.2) is 34.1 Å². The summed E-state index contributed by atoms with van der Waals surface area (Å²) >= 11 is 0. The number of anilines is 2. The molecule has 1 saturated heterocycles. The lowest BCUT2D eigenvalue weighted by Gasteiger charge is -2.33. The first-order chi connectivity index (χ1) is 10.7. The smallest absolute Gasteiger partial charge is 0.222 e. The van der Waals surface area contributed by atoms with E-state index in [0.29, 0.717) is 12.6 Å². The van der Waals surface area contributed by atoms with Crippen LogP contribution in [0, 0.1) is 6.92 Å². The molecule has 0 bridgehead atoms. The minimum absolute atomic E-state index is 0.199. The molecule has 6 nitrogen and oxygen atoms in total. The molecule has 0 saturated carbocycles. The van der Waals surface area contributed by atoms with E-state index in [1.54, 1.807) is 6.20 Å². The van der Waals surface area contributed by atoms with Gasteiger partial charge in [-0.1, -0.05) is 6.07 Å². The van der Waals surface area contributed by atoms with E-state index in [0.717, 1.165) is 43.0 Å². The van der Waals surface area contributed by atoms with Crippen molar-refractivity contribution in [3.05, 3.63) is 41.9 Å². The van der Waals surface area contributed by atoms with Gasteiger partial charge in [-0.2, -0.15) is 4.98 Å². The zero-order valence-electron chi connectivity index (χ0n) is 12.8. The number of nitrogens with zero attached hydrogens (tertiary/aromatic N) is 4. The number of ether oxygens (including phenoxy) is 1. The minimum Gasteiger partial charge on any atom is -0.372 e. The monoisotopic (exact) mass is 299 g/mol. The van der Waals surface area contributed by atoms with Gasteiger partial charge in [0.25, 0.3) is 0 Å². The summed E-state index contributed by atoms with van der Waals surface area (Å²) < 4.78 is 6.02. The van der Waals surface area contributed by atoms with E-state index >= 15 is 0 Å². The summed E-state index contributed by atoms with van der Waals surface area (Å²) in [6.45, 7) is 4.33. The van der Waals surface area contributed by atoms with Crippen molar-refractivity contribution in [3.63, 3.8) is 0 Å². The number of piperidine rings is 1. The minimum atomic E-state index is 0.199. The Morgan fingerprint density at radius 1 is 1.41 bits per heavy atom. The molecular weight excluding hydrogens is 278 g/mol. The van der Waals surface area contributed by atoms with E-state index in [-0.39, 0.29) is 6.10 Å². The van der Waals surface area contributed by atoms with E-state index in [2.05, 4.69) is 19.9 Å². The summed E-state index contributed by atoms with van der Waals surface area (Å²) in [6.07, 6.45) is 5.96. The van der Waals surface area contributed by atoms with Crippen molar-refractivity contribution in [1.82, 2.24) is 15.0 Å². The highest BCUT2D eigenvalue weighted by Gasteiger charge is 2.22. The van der Waals surface area contributed by atoms with Gasteiger partial charge in [-0.15, -0.1) is 0 Å². The van der Waals surface area contributed by atoms with Gasteiger partial charge in [-0.3, -0.25) is 4.98 Å². The van der Waals surface area contributed by atoms with E-state index in [4.69, 9.17) is 10.5 Å². The number of pyridine rings is 1. The molecule has 3 heterocycles. The predicted octanol–water partition coefficient (Wildman–Crippen LogP) is 1.95. The molecule has 0 radical (unpaired) electrons. The SMILES string of the molecule is Cc1cc(N2CCCC(OCc3cccnc3)C2)nc(N)n1. The van der Waals surface area contributed by atoms with Crippen LogP contribution in [0.3, 0.4) is 0 Å². The van der Waals surface area contributed by atoms with Gasteiger partial charge in [-0.25, -0.2) is 4.98 Å². The molecule has 116 valence electrons. The van der Waals surface area contributed by atoms with Crippen molar-refractivity contribution >= 4 is 11.8 Å². The number of hydrogen-bond donors (Lipinski definition) is 1. The second-order valence-corrected chi connectivity index (χ2v) is 5.61. The highest BCUT2D eigenvalue weighted by molar-refractivity contribution is 5.43. The molecule has 0 aromatic carbocycles. The van der Waals surface area contributed by atoms with Crippen molar-refractivity contribution in [1.29, 1.82) is 0 Å². The molecule has 6 heteroatoms. The fourth-order valence-electron chi connectivity index (χ4n) is 2.72. The Labute approximate surface area is 130 Å². The van der Waals surface area contributed by atoms with Crippen molar-refractivity contribution in [2.75, 3.05) is 23.7 Å². The van der Waals surface area contributed by atoms with E-state index in [9.17, 15) is 0 Å². The second kappa shape index (κ2) is 6.70. The van der Waals surface area contributed by atoms with Crippen LogP contribution < -0.4 is 10.6 Å². The Kier molecular flexibility index (Phi) is 4.48. The van der Waals surface area contributed by atoms with Gasteiger partial charge < -0.3 is 15.4 Å². The Morgan fingerprint density at radius 2 is 2.32 bits per heavy atom. The zero-order valence-corrected chi connectivity index (χ0v) is 12.8. The van der Waals surface area contributed by atoms with Crippen LogP contribution in [0.15, 0.2) is 30.6 Å². The first kappa shape index (κ1) is 14.7. The largest absolute Gasteiger partial charge is 0.372 e. The third-order valence-electron chi connectivity index (χ3n) is 3.77. The number of nitrogens with two attached hydrogens (primary N) is 1. The van der Waals surface area contributed by atoms with Crippen molar-refractivity contribution < 1.29 is 4.74 Å². The van der Waals surface area contributed by atoms with Crippen LogP contribution in [0.1, 0.15) is 24.1 Å². The highest BCUT2D eigenvalue weighted by atomic mass is 16.5. The number of aromatic nitrogens is 3. The van der Waals surface area contributed by atoms with Crippen LogP contribution in [0.2, 0.25) is 0 Å². The summed E-state index contributed by atoms with van der Waals surface area (Å²) in [6, 6.07) is 5.93. The molecule has 1 atom stereocenters. The molecule has 22 heavy (non-hydrogen) atoms. The van der Waals surface area contributed by atoms with Crippen LogP contribution in [0.25, 0.3) is 0 Å². The lowest BCUT2D eigenvalue weighted by Crippen LogP contribution is -2.40. The number of aryl methyl sites for hydroxylation is 1. The molecule has 0 aliphatic carbocycles. The maximum Gasteiger partial charge on any atom is 0.222 e.